The highest BCUT2D eigenvalue weighted by Gasteiger charge is 2.22. The fourth-order valence-electron chi connectivity index (χ4n) is 2.71. The molecule has 110 valence electrons. The Hall–Kier alpha value is -1.07. The van der Waals surface area contributed by atoms with Crippen molar-refractivity contribution in [2.24, 2.45) is 5.92 Å². The van der Waals surface area contributed by atoms with Crippen molar-refractivity contribution in [3.63, 3.8) is 0 Å². The van der Waals surface area contributed by atoms with E-state index in [1.807, 2.05) is 12.1 Å². The molecule has 5 heteroatoms. The van der Waals surface area contributed by atoms with Crippen LogP contribution in [0.3, 0.4) is 0 Å². The van der Waals surface area contributed by atoms with Crippen LogP contribution in [0.5, 0.6) is 5.75 Å². The number of ether oxygens (including phenoxy) is 1. The molecular formula is C15H20BrNO3. The van der Waals surface area contributed by atoms with Gasteiger partial charge in [-0.2, -0.15) is 0 Å². The van der Waals surface area contributed by atoms with Crippen molar-refractivity contribution in [3.8, 4) is 5.75 Å². The first-order chi connectivity index (χ1) is 9.58. The smallest absolute Gasteiger partial charge is 0.303 e. The number of rotatable bonds is 5. The van der Waals surface area contributed by atoms with Crippen LogP contribution >= 0.6 is 15.9 Å². The number of aliphatic carboxylic acids is 1. The van der Waals surface area contributed by atoms with Gasteiger partial charge in [0.25, 0.3) is 0 Å². The lowest BCUT2D eigenvalue weighted by Gasteiger charge is -2.31. The summed E-state index contributed by atoms with van der Waals surface area (Å²) >= 11 is 3.49. The fourth-order valence-corrected chi connectivity index (χ4v) is 3.12. The third kappa shape index (κ3) is 4.21. The zero-order chi connectivity index (χ0) is 14.5. The molecule has 1 aliphatic rings. The molecule has 2 rings (SSSR count). The van der Waals surface area contributed by atoms with Gasteiger partial charge in [-0.3, -0.25) is 9.69 Å². The summed E-state index contributed by atoms with van der Waals surface area (Å²) in [5.74, 6) is 0.547. The number of nitrogens with zero attached hydrogens (tertiary/aromatic N) is 1. The summed E-state index contributed by atoms with van der Waals surface area (Å²) in [6, 6.07) is 6.03. The molecule has 1 N–H and O–H groups in total. The number of likely N-dealkylation sites (tertiary alicyclic amines) is 1. The van der Waals surface area contributed by atoms with Crippen molar-refractivity contribution in [1.29, 1.82) is 0 Å². The number of carboxylic acid groups (broad SMARTS) is 1. The molecule has 0 amide bonds. The number of piperidine rings is 1. The third-order valence-electron chi connectivity index (χ3n) is 3.81. The van der Waals surface area contributed by atoms with Crippen molar-refractivity contribution < 1.29 is 14.6 Å². The lowest BCUT2D eigenvalue weighted by molar-refractivity contribution is -0.138. The van der Waals surface area contributed by atoms with Crippen molar-refractivity contribution in [2.45, 2.75) is 25.8 Å². The number of hydrogen-bond donors (Lipinski definition) is 1. The first kappa shape index (κ1) is 15.3. The molecule has 0 unspecified atom stereocenters. The number of carbonyl (C=O) groups is 1. The van der Waals surface area contributed by atoms with Gasteiger partial charge in [0.15, 0.2) is 0 Å². The maximum atomic E-state index is 10.7. The summed E-state index contributed by atoms with van der Waals surface area (Å²) in [7, 11) is 1.69. The molecule has 0 saturated carbocycles. The number of benzene rings is 1. The van der Waals surface area contributed by atoms with Gasteiger partial charge < -0.3 is 9.84 Å². The minimum atomic E-state index is -0.683. The van der Waals surface area contributed by atoms with Gasteiger partial charge in [-0.05, 0) is 50.0 Å². The predicted octanol–water partition coefficient (Wildman–Crippen LogP) is 3.14. The van der Waals surface area contributed by atoms with Crippen LogP contribution in [0.25, 0.3) is 0 Å². The minimum Gasteiger partial charge on any atom is -0.496 e. The molecule has 0 spiro atoms. The van der Waals surface area contributed by atoms with E-state index in [0.29, 0.717) is 12.3 Å². The molecule has 1 saturated heterocycles. The first-order valence-electron chi connectivity index (χ1n) is 6.85. The summed E-state index contributed by atoms with van der Waals surface area (Å²) in [5, 5.41) is 8.83. The second kappa shape index (κ2) is 7.09. The standard InChI is InChI=1S/C15H20BrNO3/c1-20-14-3-2-13(16)9-12(14)10-17-6-4-11(5-7-17)8-15(18)19/h2-3,9,11H,4-8,10H2,1H3,(H,18,19). The first-order valence-corrected chi connectivity index (χ1v) is 7.64. The Kier molecular flexibility index (Phi) is 5.43. The molecule has 1 fully saturated rings. The normalized spacial score (nSPS) is 17.1. The number of methoxy groups -OCH3 is 1. The molecule has 0 radical (unpaired) electrons. The molecule has 0 atom stereocenters. The zero-order valence-electron chi connectivity index (χ0n) is 11.6. The maximum absolute atomic E-state index is 10.7. The summed E-state index contributed by atoms with van der Waals surface area (Å²) in [4.78, 5) is 13.1. The van der Waals surface area contributed by atoms with Crippen LogP contribution in [0.15, 0.2) is 22.7 Å². The molecule has 0 bridgehead atoms. The lowest BCUT2D eigenvalue weighted by atomic mass is 9.93. The van der Waals surface area contributed by atoms with E-state index in [-0.39, 0.29) is 0 Å². The summed E-state index contributed by atoms with van der Waals surface area (Å²) in [6.45, 7) is 2.75. The van der Waals surface area contributed by atoms with E-state index in [1.165, 1.54) is 5.56 Å². The third-order valence-corrected chi connectivity index (χ3v) is 4.30. The summed E-state index contributed by atoms with van der Waals surface area (Å²) in [6.07, 6.45) is 2.22. The van der Waals surface area contributed by atoms with E-state index >= 15 is 0 Å². The van der Waals surface area contributed by atoms with Crippen LogP contribution in [0, 0.1) is 5.92 Å². The summed E-state index contributed by atoms with van der Waals surface area (Å²) < 4.78 is 6.44. The van der Waals surface area contributed by atoms with E-state index in [4.69, 9.17) is 9.84 Å². The Morgan fingerprint density at radius 2 is 2.15 bits per heavy atom. The minimum absolute atomic E-state index is 0.300. The molecule has 20 heavy (non-hydrogen) atoms. The van der Waals surface area contributed by atoms with Crippen molar-refractivity contribution >= 4 is 21.9 Å². The van der Waals surface area contributed by atoms with Crippen LogP contribution < -0.4 is 4.74 Å². The number of halogens is 1. The molecule has 0 aliphatic carbocycles. The highest BCUT2D eigenvalue weighted by atomic mass is 79.9. The molecule has 1 aliphatic heterocycles. The maximum Gasteiger partial charge on any atom is 0.303 e. The Balaban J connectivity index is 1.92. The monoisotopic (exact) mass is 341 g/mol. The van der Waals surface area contributed by atoms with Gasteiger partial charge in [-0.1, -0.05) is 15.9 Å². The van der Waals surface area contributed by atoms with Crippen LogP contribution in [0.4, 0.5) is 0 Å². The summed E-state index contributed by atoms with van der Waals surface area (Å²) in [5.41, 5.74) is 1.17. The van der Waals surface area contributed by atoms with Crippen LogP contribution in [-0.4, -0.2) is 36.2 Å². The topological polar surface area (TPSA) is 49.8 Å². The van der Waals surface area contributed by atoms with Gasteiger partial charge in [0, 0.05) is 23.0 Å². The van der Waals surface area contributed by atoms with Gasteiger partial charge in [-0.15, -0.1) is 0 Å². The van der Waals surface area contributed by atoms with Gasteiger partial charge in [-0.25, -0.2) is 0 Å². The second-order valence-electron chi connectivity index (χ2n) is 5.27. The van der Waals surface area contributed by atoms with Gasteiger partial charge in [0.1, 0.15) is 5.75 Å². The van der Waals surface area contributed by atoms with Crippen LogP contribution in [-0.2, 0) is 11.3 Å². The molecule has 1 heterocycles. The highest BCUT2D eigenvalue weighted by Crippen LogP contribution is 2.27. The van der Waals surface area contributed by atoms with E-state index in [9.17, 15) is 4.79 Å². The van der Waals surface area contributed by atoms with E-state index in [1.54, 1.807) is 7.11 Å². The predicted molar refractivity (Wildman–Crippen MR) is 80.9 cm³/mol. The van der Waals surface area contributed by atoms with Crippen molar-refractivity contribution in [1.82, 2.24) is 4.90 Å². The van der Waals surface area contributed by atoms with E-state index in [2.05, 4.69) is 26.9 Å². The Bertz CT molecular complexity index is 470. The van der Waals surface area contributed by atoms with E-state index in [0.717, 1.165) is 42.7 Å². The van der Waals surface area contributed by atoms with Crippen molar-refractivity contribution in [2.75, 3.05) is 20.2 Å². The van der Waals surface area contributed by atoms with Gasteiger partial charge >= 0.3 is 5.97 Å². The molecular weight excluding hydrogens is 322 g/mol. The quantitative estimate of drug-likeness (QED) is 0.893. The average Bonchev–Trinajstić information content (AvgIpc) is 2.41. The van der Waals surface area contributed by atoms with Crippen LogP contribution in [0.1, 0.15) is 24.8 Å². The van der Waals surface area contributed by atoms with E-state index < -0.39 is 5.97 Å². The van der Waals surface area contributed by atoms with Gasteiger partial charge in [0.2, 0.25) is 0 Å². The molecule has 4 nitrogen and oxygen atoms in total. The molecule has 1 aromatic carbocycles. The Morgan fingerprint density at radius 1 is 1.45 bits per heavy atom. The second-order valence-corrected chi connectivity index (χ2v) is 6.19. The Morgan fingerprint density at radius 3 is 2.75 bits per heavy atom. The number of hydrogen-bond acceptors (Lipinski definition) is 3. The Labute approximate surface area is 127 Å². The van der Waals surface area contributed by atoms with Crippen LogP contribution in [0.2, 0.25) is 0 Å². The van der Waals surface area contributed by atoms with Crippen molar-refractivity contribution in [3.05, 3.63) is 28.2 Å². The largest absolute Gasteiger partial charge is 0.496 e. The zero-order valence-corrected chi connectivity index (χ0v) is 13.2. The average molecular weight is 342 g/mol. The lowest BCUT2D eigenvalue weighted by Crippen LogP contribution is -2.34. The SMILES string of the molecule is COc1ccc(Br)cc1CN1CCC(CC(=O)O)CC1. The molecule has 0 aromatic heterocycles. The van der Waals surface area contributed by atoms with Gasteiger partial charge in [0.05, 0.1) is 7.11 Å². The number of carboxylic acids is 1. The molecule has 1 aromatic rings. The fraction of sp³-hybridized carbons (Fsp3) is 0.533. The highest BCUT2D eigenvalue weighted by molar-refractivity contribution is 9.10.